The Kier molecular flexibility index (Phi) is 4.37. The molecule has 1 aromatic heterocycles. The lowest BCUT2D eigenvalue weighted by Crippen LogP contribution is -2.22. The van der Waals surface area contributed by atoms with Gasteiger partial charge in [-0.05, 0) is 42.5 Å². The number of anilines is 1. The number of fused-ring (bicyclic) bond motifs is 1. The Bertz CT molecular complexity index is 1030. The summed E-state index contributed by atoms with van der Waals surface area (Å²) in [6.45, 7) is 0. The number of halogens is 1. The average molecular weight is 359 g/mol. The third-order valence-electron chi connectivity index (χ3n) is 3.90. The molecular weight excluding hydrogens is 344 g/mol. The molecule has 3 aromatic rings. The van der Waals surface area contributed by atoms with Crippen LogP contribution in [0.15, 0.2) is 47.3 Å². The minimum atomic E-state index is -0.536. The Morgan fingerprint density at radius 2 is 1.84 bits per heavy atom. The number of methoxy groups -OCH3 is 1. The Morgan fingerprint density at radius 1 is 1.16 bits per heavy atom. The summed E-state index contributed by atoms with van der Waals surface area (Å²) in [4.78, 5) is 25.1. The van der Waals surface area contributed by atoms with Crippen molar-refractivity contribution in [2.24, 2.45) is 7.05 Å². The summed E-state index contributed by atoms with van der Waals surface area (Å²) >= 11 is 5.83. The van der Waals surface area contributed by atoms with Crippen molar-refractivity contribution in [3.8, 4) is 11.6 Å². The van der Waals surface area contributed by atoms with E-state index in [-0.39, 0.29) is 10.9 Å². The topological polar surface area (TPSA) is 80.6 Å². The Labute approximate surface area is 148 Å². The van der Waals surface area contributed by atoms with Crippen LogP contribution in [0.5, 0.6) is 11.6 Å². The number of hydrogen-bond donors (Lipinski definition) is 2. The molecule has 0 aliphatic carbocycles. The molecule has 0 fully saturated rings. The summed E-state index contributed by atoms with van der Waals surface area (Å²) in [6, 6.07) is 11.3. The molecule has 0 aliphatic rings. The SMILES string of the molecule is COc1ccc2c(C(=O)Nc3ccc(Cl)cc3)c(O)n(C)c(=O)c2c1. The fourth-order valence-corrected chi connectivity index (χ4v) is 2.69. The summed E-state index contributed by atoms with van der Waals surface area (Å²) < 4.78 is 6.16. The second-order valence-corrected chi connectivity index (χ2v) is 5.87. The number of ether oxygens (including phenoxy) is 1. The van der Waals surface area contributed by atoms with Gasteiger partial charge in [-0.2, -0.15) is 0 Å². The number of nitrogens with one attached hydrogen (secondary N) is 1. The average Bonchev–Trinajstić information content (AvgIpc) is 2.61. The van der Waals surface area contributed by atoms with Gasteiger partial charge >= 0.3 is 0 Å². The lowest BCUT2D eigenvalue weighted by Gasteiger charge is -2.13. The first-order valence-corrected chi connectivity index (χ1v) is 7.77. The highest BCUT2D eigenvalue weighted by atomic mass is 35.5. The fraction of sp³-hybridized carbons (Fsp3) is 0.111. The third kappa shape index (κ3) is 3.04. The number of carbonyl (C=O) groups excluding carboxylic acids is 1. The van der Waals surface area contributed by atoms with E-state index in [4.69, 9.17) is 16.3 Å². The molecule has 128 valence electrons. The van der Waals surface area contributed by atoms with Crippen molar-refractivity contribution in [2.45, 2.75) is 0 Å². The van der Waals surface area contributed by atoms with Gasteiger partial charge in [0.15, 0.2) is 0 Å². The van der Waals surface area contributed by atoms with Gasteiger partial charge in [0.1, 0.15) is 11.3 Å². The first-order chi connectivity index (χ1) is 11.9. The van der Waals surface area contributed by atoms with Gasteiger partial charge in [-0.25, -0.2) is 0 Å². The van der Waals surface area contributed by atoms with Crippen LogP contribution in [0, 0.1) is 0 Å². The van der Waals surface area contributed by atoms with Gasteiger partial charge in [-0.3, -0.25) is 14.2 Å². The maximum atomic E-state index is 12.7. The molecule has 0 atom stereocenters. The zero-order chi connectivity index (χ0) is 18.1. The van der Waals surface area contributed by atoms with E-state index >= 15 is 0 Å². The first kappa shape index (κ1) is 16.9. The molecule has 1 amide bonds. The zero-order valence-corrected chi connectivity index (χ0v) is 14.3. The van der Waals surface area contributed by atoms with Gasteiger partial charge in [-0.1, -0.05) is 11.6 Å². The molecule has 7 heteroatoms. The van der Waals surface area contributed by atoms with E-state index in [1.807, 2.05) is 0 Å². The van der Waals surface area contributed by atoms with Crippen LogP contribution in [0.25, 0.3) is 10.8 Å². The van der Waals surface area contributed by atoms with Gasteiger partial charge in [0.25, 0.3) is 11.5 Å². The van der Waals surface area contributed by atoms with Crippen molar-refractivity contribution in [3.05, 3.63) is 63.4 Å². The van der Waals surface area contributed by atoms with Crippen LogP contribution in [0.3, 0.4) is 0 Å². The normalized spacial score (nSPS) is 10.7. The minimum absolute atomic E-state index is 0.00898. The Morgan fingerprint density at radius 3 is 2.48 bits per heavy atom. The molecule has 25 heavy (non-hydrogen) atoms. The number of aromatic nitrogens is 1. The number of aromatic hydroxyl groups is 1. The summed E-state index contributed by atoms with van der Waals surface area (Å²) in [7, 11) is 2.88. The molecule has 2 N–H and O–H groups in total. The summed E-state index contributed by atoms with van der Waals surface area (Å²) in [5.74, 6) is -0.459. The molecular formula is C18H15ClN2O4. The largest absolute Gasteiger partial charge is 0.497 e. The predicted molar refractivity (Wildman–Crippen MR) is 96.8 cm³/mol. The zero-order valence-electron chi connectivity index (χ0n) is 13.5. The highest BCUT2D eigenvalue weighted by molar-refractivity contribution is 6.30. The van der Waals surface area contributed by atoms with Crippen molar-refractivity contribution in [2.75, 3.05) is 12.4 Å². The van der Waals surface area contributed by atoms with Gasteiger partial charge in [0.2, 0.25) is 5.88 Å². The van der Waals surface area contributed by atoms with Crippen LogP contribution in [0.4, 0.5) is 5.69 Å². The van der Waals surface area contributed by atoms with Crippen LogP contribution >= 0.6 is 11.6 Å². The lowest BCUT2D eigenvalue weighted by atomic mass is 10.1. The number of amides is 1. The summed E-state index contributed by atoms with van der Waals surface area (Å²) in [5.41, 5.74) is 0.105. The quantitative estimate of drug-likeness (QED) is 0.753. The van der Waals surface area contributed by atoms with E-state index in [1.165, 1.54) is 20.2 Å². The monoisotopic (exact) mass is 358 g/mol. The smallest absolute Gasteiger partial charge is 0.261 e. The summed E-state index contributed by atoms with van der Waals surface area (Å²) in [6.07, 6.45) is 0. The van der Waals surface area contributed by atoms with E-state index < -0.39 is 17.3 Å². The van der Waals surface area contributed by atoms with E-state index in [0.717, 1.165) is 4.57 Å². The number of rotatable bonds is 3. The summed E-state index contributed by atoms with van der Waals surface area (Å²) in [5, 5.41) is 14.2. The molecule has 1 heterocycles. The maximum Gasteiger partial charge on any atom is 0.261 e. The van der Waals surface area contributed by atoms with Crippen LogP contribution in [0.1, 0.15) is 10.4 Å². The number of pyridine rings is 1. The molecule has 0 aliphatic heterocycles. The van der Waals surface area contributed by atoms with Gasteiger partial charge in [0.05, 0.1) is 12.5 Å². The van der Waals surface area contributed by atoms with E-state index in [1.54, 1.807) is 36.4 Å². The Hall–Kier alpha value is -2.99. The molecule has 0 unspecified atom stereocenters. The molecule has 0 bridgehead atoms. The maximum absolute atomic E-state index is 12.7. The predicted octanol–water partition coefficient (Wildman–Crippen LogP) is 3.16. The standard InChI is InChI=1S/C18H15ClN2O4/c1-21-17(23)14-9-12(25-2)7-8-13(14)15(18(21)24)16(22)20-11-5-3-10(19)4-6-11/h3-9,24H,1-2H3,(H,20,22). The molecule has 0 saturated heterocycles. The molecule has 0 spiro atoms. The number of benzene rings is 2. The van der Waals surface area contributed by atoms with Crippen molar-refractivity contribution in [1.82, 2.24) is 4.57 Å². The molecule has 2 aromatic carbocycles. The van der Waals surface area contributed by atoms with Crippen molar-refractivity contribution < 1.29 is 14.6 Å². The molecule has 0 saturated carbocycles. The minimum Gasteiger partial charge on any atom is -0.497 e. The van der Waals surface area contributed by atoms with Crippen LogP contribution in [-0.2, 0) is 7.05 Å². The van der Waals surface area contributed by atoms with Gasteiger partial charge < -0.3 is 15.2 Å². The Balaban J connectivity index is 2.15. The highest BCUT2D eigenvalue weighted by Gasteiger charge is 2.21. The van der Waals surface area contributed by atoms with Crippen LogP contribution < -0.4 is 15.6 Å². The number of nitrogens with zero attached hydrogens (tertiary/aromatic N) is 1. The first-order valence-electron chi connectivity index (χ1n) is 7.39. The lowest BCUT2D eigenvalue weighted by molar-refractivity contribution is 0.102. The van der Waals surface area contributed by atoms with Crippen LogP contribution in [-0.4, -0.2) is 22.7 Å². The highest BCUT2D eigenvalue weighted by Crippen LogP contribution is 2.28. The van der Waals surface area contributed by atoms with E-state index in [0.29, 0.717) is 21.8 Å². The van der Waals surface area contributed by atoms with Crippen molar-refractivity contribution in [3.63, 3.8) is 0 Å². The van der Waals surface area contributed by atoms with Crippen molar-refractivity contribution >= 4 is 34.0 Å². The molecule has 3 rings (SSSR count). The molecule has 6 nitrogen and oxygen atoms in total. The fourth-order valence-electron chi connectivity index (χ4n) is 2.56. The van der Waals surface area contributed by atoms with Crippen LogP contribution in [0.2, 0.25) is 5.02 Å². The van der Waals surface area contributed by atoms with E-state index in [9.17, 15) is 14.7 Å². The van der Waals surface area contributed by atoms with Crippen molar-refractivity contribution in [1.29, 1.82) is 0 Å². The van der Waals surface area contributed by atoms with Gasteiger partial charge in [0, 0.05) is 23.1 Å². The second-order valence-electron chi connectivity index (χ2n) is 5.44. The molecule has 0 radical (unpaired) electrons. The third-order valence-corrected chi connectivity index (χ3v) is 4.15. The van der Waals surface area contributed by atoms with E-state index in [2.05, 4.69) is 5.32 Å². The second kappa shape index (κ2) is 6.49. The number of carbonyl (C=O) groups is 1. The van der Waals surface area contributed by atoms with Gasteiger partial charge in [-0.15, -0.1) is 0 Å². The number of hydrogen-bond acceptors (Lipinski definition) is 4.